The SMILES string of the molecule is Clc1ccc(N=Nc2ccc(-c3[nH]c4ccccc4c3N=Nc3ccc(Cl)cc3)cc2)cc1. The van der Waals surface area contributed by atoms with Crippen molar-refractivity contribution in [1.82, 2.24) is 4.98 Å². The van der Waals surface area contributed by atoms with Crippen molar-refractivity contribution >= 4 is 56.9 Å². The minimum atomic E-state index is 0.662. The largest absolute Gasteiger partial charge is 0.353 e. The Hall–Kier alpha value is -3.80. The molecule has 160 valence electrons. The summed E-state index contributed by atoms with van der Waals surface area (Å²) >= 11 is 11.9. The third-order valence-corrected chi connectivity index (χ3v) is 5.54. The molecule has 0 radical (unpaired) electrons. The zero-order valence-corrected chi connectivity index (χ0v) is 18.8. The first-order valence-corrected chi connectivity index (χ1v) is 11.0. The molecule has 5 nitrogen and oxygen atoms in total. The van der Waals surface area contributed by atoms with Crippen molar-refractivity contribution in [3.05, 3.63) is 107 Å². The molecule has 0 aliphatic heterocycles. The Balaban J connectivity index is 1.47. The van der Waals surface area contributed by atoms with Crippen LogP contribution in [0, 0.1) is 0 Å². The van der Waals surface area contributed by atoms with Crippen LogP contribution in [0.4, 0.5) is 22.7 Å². The molecule has 7 heteroatoms. The third-order valence-electron chi connectivity index (χ3n) is 5.03. The highest BCUT2D eigenvalue weighted by molar-refractivity contribution is 6.30. The van der Waals surface area contributed by atoms with E-state index in [0.717, 1.165) is 44.9 Å². The van der Waals surface area contributed by atoms with Gasteiger partial charge in [-0.25, -0.2) is 0 Å². The van der Waals surface area contributed by atoms with Crippen LogP contribution in [0.5, 0.6) is 0 Å². The van der Waals surface area contributed by atoms with Gasteiger partial charge in [0.2, 0.25) is 0 Å². The molecule has 0 aliphatic carbocycles. The Bertz CT molecular complexity index is 1450. The van der Waals surface area contributed by atoms with Gasteiger partial charge in [0.15, 0.2) is 0 Å². The normalized spacial score (nSPS) is 11.7. The van der Waals surface area contributed by atoms with Crippen molar-refractivity contribution < 1.29 is 0 Å². The number of nitrogens with one attached hydrogen (secondary N) is 1. The first-order valence-electron chi connectivity index (χ1n) is 10.2. The lowest BCUT2D eigenvalue weighted by molar-refractivity contribution is 1.23. The number of azo groups is 2. The summed E-state index contributed by atoms with van der Waals surface area (Å²) in [5, 5.41) is 19.9. The van der Waals surface area contributed by atoms with Gasteiger partial charge in [0, 0.05) is 26.5 Å². The Morgan fingerprint density at radius 3 is 1.58 bits per heavy atom. The summed E-state index contributed by atoms with van der Waals surface area (Å²) in [6.07, 6.45) is 0. The highest BCUT2D eigenvalue weighted by Crippen LogP contribution is 2.38. The average molecular weight is 470 g/mol. The molecule has 1 aromatic heterocycles. The molecule has 5 aromatic rings. The summed E-state index contributed by atoms with van der Waals surface area (Å²) in [7, 11) is 0. The average Bonchev–Trinajstić information content (AvgIpc) is 3.22. The molecule has 0 unspecified atom stereocenters. The Labute approximate surface area is 200 Å². The van der Waals surface area contributed by atoms with E-state index in [4.69, 9.17) is 23.2 Å². The summed E-state index contributed by atoms with van der Waals surface area (Å²) in [5.41, 5.74) is 5.84. The number of H-pyrrole nitrogens is 1. The smallest absolute Gasteiger partial charge is 0.119 e. The van der Waals surface area contributed by atoms with Crippen LogP contribution in [0.1, 0.15) is 0 Å². The molecule has 0 bridgehead atoms. The molecular weight excluding hydrogens is 453 g/mol. The van der Waals surface area contributed by atoms with E-state index in [9.17, 15) is 0 Å². The van der Waals surface area contributed by atoms with Crippen molar-refractivity contribution in [2.75, 3.05) is 0 Å². The number of hydrogen-bond acceptors (Lipinski definition) is 4. The molecule has 0 saturated heterocycles. The van der Waals surface area contributed by atoms with Gasteiger partial charge in [-0.15, -0.1) is 5.11 Å². The molecule has 1 heterocycles. The molecule has 0 amide bonds. The van der Waals surface area contributed by atoms with E-state index in [-0.39, 0.29) is 0 Å². The number of aromatic amines is 1. The van der Waals surface area contributed by atoms with Gasteiger partial charge in [-0.3, -0.25) is 0 Å². The zero-order chi connectivity index (χ0) is 22.6. The molecule has 0 atom stereocenters. The molecule has 0 fully saturated rings. The number of hydrogen-bond donors (Lipinski definition) is 1. The maximum Gasteiger partial charge on any atom is 0.119 e. The first-order chi connectivity index (χ1) is 16.2. The molecule has 0 saturated carbocycles. The standard InChI is InChI=1S/C26H17Cl2N5/c27-18-7-13-21(14-8-18)31-30-20-11-5-17(6-12-20)25-26(23-3-1-2-4-24(23)29-25)33-32-22-15-9-19(28)10-16-22/h1-16,29H. The zero-order valence-electron chi connectivity index (χ0n) is 17.3. The number of halogens is 2. The van der Waals surface area contributed by atoms with Gasteiger partial charge < -0.3 is 4.98 Å². The van der Waals surface area contributed by atoms with E-state index >= 15 is 0 Å². The van der Waals surface area contributed by atoms with Crippen LogP contribution in [0.25, 0.3) is 22.2 Å². The summed E-state index contributed by atoms with van der Waals surface area (Å²) in [5.74, 6) is 0. The number of nitrogens with zero attached hydrogens (tertiary/aromatic N) is 4. The van der Waals surface area contributed by atoms with E-state index in [1.807, 2.05) is 72.8 Å². The molecule has 5 rings (SSSR count). The third kappa shape index (κ3) is 4.85. The lowest BCUT2D eigenvalue weighted by Gasteiger charge is -2.01. The van der Waals surface area contributed by atoms with Crippen LogP contribution in [0.15, 0.2) is 118 Å². The monoisotopic (exact) mass is 469 g/mol. The molecule has 0 aliphatic rings. The predicted molar refractivity (Wildman–Crippen MR) is 135 cm³/mol. The molecule has 4 aromatic carbocycles. The summed E-state index contributed by atoms with van der Waals surface area (Å²) in [6.45, 7) is 0. The van der Waals surface area contributed by atoms with Gasteiger partial charge in [0.1, 0.15) is 5.69 Å². The summed E-state index contributed by atoms with van der Waals surface area (Å²) in [4.78, 5) is 3.47. The second kappa shape index (κ2) is 9.36. The number of aromatic nitrogens is 1. The van der Waals surface area contributed by atoms with Crippen molar-refractivity contribution in [3.8, 4) is 11.3 Å². The van der Waals surface area contributed by atoms with Crippen LogP contribution in [-0.2, 0) is 0 Å². The van der Waals surface area contributed by atoms with Crippen molar-refractivity contribution in [3.63, 3.8) is 0 Å². The second-order valence-corrected chi connectivity index (χ2v) is 8.17. The number of rotatable bonds is 5. The van der Waals surface area contributed by atoms with Crippen molar-refractivity contribution in [1.29, 1.82) is 0 Å². The molecule has 1 N–H and O–H groups in total. The highest BCUT2D eigenvalue weighted by atomic mass is 35.5. The minimum absolute atomic E-state index is 0.662. The Morgan fingerprint density at radius 1 is 0.515 bits per heavy atom. The number of fused-ring (bicyclic) bond motifs is 1. The fourth-order valence-corrected chi connectivity index (χ4v) is 3.63. The number of benzene rings is 4. The molecule has 0 spiro atoms. The van der Waals surface area contributed by atoms with E-state index in [1.165, 1.54) is 0 Å². The van der Waals surface area contributed by atoms with Gasteiger partial charge in [0.25, 0.3) is 0 Å². The second-order valence-electron chi connectivity index (χ2n) is 7.29. The van der Waals surface area contributed by atoms with E-state index in [0.29, 0.717) is 10.0 Å². The van der Waals surface area contributed by atoms with Crippen LogP contribution < -0.4 is 0 Å². The fourth-order valence-electron chi connectivity index (χ4n) is 3.37. The summed E-state index contributed by atoms with van der Waals surface area (Å²) < 4.78 is 0. The Kier molecular flexibility index (Phi) is 5.98. The fraction of sp³-hybridized carbons (Fsp3) is 0. The quantitative estimate of drug-likeness (QED) is 0.248. The minimum Gasteiger partial charge on any atom is -0.353 e. The van der Waals surface area contributed by atoms with Gasteiger partial charge in [0.05, 0.1) is 22.8 Å². The Morgan fingerprint density at radius 2 is 1.00 bits per heavy atom. The van der Waals surface area contributed by atoms with Crippen LogP contribution in [0.3, 0.4) is 0 Å². The van der Waals surface area contributed by atoms with Gasteiger partial charge in [-0.1, -0.05) is 53.5 Å². The predicted octanol–water partition coefficient (Wildman–Crippen LogP) is 9.97. The highest BCUT2D eigenvalue weighted by Gasteiger charge is 2.13. The maximum atomic E-state index is 5.97. The number of para-hydroxylation sites is 1. The van der Waals surface area contributed by atoms with Crippen LogP contribution >= 0.6 is 23.2 Å². The maximum absolute atomic E-state index is 5.97. The van der Waals surface area contributed by atoms with Crippen LogP contribution in [-0.4, -0.2) is 4.98 Å². The summed E-state index contributed by atoms with van der Waals surface area (Å²) in [6, 6.07) is 30.3. The first kappa shape index (κ1) is 21.1. The van der Waals surface area contributed by atoms with Crippen LogP contribution in [0.2, 0.25) is 10.0 Å². The van der Waals surface area contributed by atoms with E-state index in [2.05, 4.69) is 25.4 Å². The topological polar surface area (TPSA) is 65.2 Å². The molecular formula is C26H17Cl2N5. The van der Waals surface area contributed by atoms with Crippen molar-refractivity contribution in [2.45, 2.75) is 0 Å². The van der Waals surface area contributed by atoms with E-state index < -0.39 is 0 Å². The van der Waals surface area contributed by atoms with Gasteiger partial charge >= 0.3 is 0 Å². The lowest BCUT2D eigenvalue weighted by Crippen LogP contribution is -1.77. The lowest BCUT2D eigenvalue weighted by atomic mass is 10.1. The van der Waals surface area contributed by atoms with Gasteiger partial charge in [-0.05, 0) is 66.7 Å². The van der Waals surface area contributed by atoms with Gasteiger partial charge in [-0.2, -0.15) is 15.3 Å². The van der Waals surface area contributed by atoms with E-state index in [1.54, 1.807) is 24.3 Å². The van der Waals surface area contributed by atoms with Crippen molar-refractivity contribution in [2.24, 2.45) is 20.5 Å². The molecule has 33 heavy (non-hydrogen) atoms.